The third-order valence-corrected chi connectivity index (χ3v) is 3.21. The van der Waals surface area contributed by atoms with E-state index in [1.54, 1.807) is 19.0 Å². The molecule has 0 spiro atoms. The lowest BCUT2D eigenvalue weighted by molar-refractivity contribution is -0.384. The summed E-state index contributed by atoms with van der Waals surface area (Å²) in [6, 6.07) is 2.59. The second-order valence-corrected chi connectivity index (χ2v) is 4.69. The monoisotopic (exact) mass is 264 g/mol. The summed E-state index contributed by atoms with van der Waals surface area (Å²) in [6.07, 6.45) is 3.04. The Labute approximate surface area is 111 Å². The van der Waals surface area contributed by atoms with Crippen molar-refractivity contribution in [2.75, 3.05) is 25.5 Å². The molecule has 0 N–H and O–H groups in total. The third-order valence-electron chi connectivity index (χ3n) is 3.21. The van der Waals surface area contributed by atoms with E-state index in [4.69, 9.17) is 0 Å². The first-order valence-corrected chi connectivity index (χ1v) is 6.09. The third kappa shape index (κ3) is 2.49. The molecule has 2 heterocycles. The molecule has 0 saturated carbocycles. The fourth-order valence-electron chi connectivity index (χ4n) is 2.33. The zero-order chi connectivity index (χ0) is 14.0. The molecular weight excluding hydrogens is 248 g/mol. The van der Waals surface area contributed by atoms with Gasteiger partial charge in [0, 0.05) is 32.9 Å². The highest BCUT2D eigenvalue weighted by molar-refractivity contribution is 5.86. The van der Waals surface area contributed by atoms with Gasteiger partial charge in [0.2, 0.25) is 11.7 Å². The van der Waals surface area contributed by atoms with Crippen LogP contribution in [0, 0.1) is 10.1 Å². The van der Waals surface area contributed by atoms with Crippen LogP contribution in [0.2, 0.25) is 0 Å². The minimum atomic E-state index is -0.460. The van der Waals surface area contributed by atoms with Crippen LogP contribution in [0.15, 0.2) is 18.3 Å². The number of carbonyl (C=O) groups is 1. The quantitative estimate of drug-likeness (QED) is 0.602. The van der Waals surface area contributed by atoms with Crippen molar-refractivity contribution in [1.29, 1.82) is 0 Å². The summed E-state index contributed by atoms with van der Waals surface area (Å²) in [7, 11) is 3.37. The van der Waals surface area contributed by atoms with Crippen molar-refractivity contribution in [2.45, 2.75) is 18.9 Å². The molecule has 1 aromatic rings. The molecule has 1 fully saturated rings. The Bertz CT molecular complexity index is 504. The van der Waals surface area contributed by atoms with Crippen LogP contribution >= 0.6 is 0 Å². The Balaban J connectivity index is 2.35. The summed E-state index contributed by atoms with van der Waals surface area (Å²) in [5.41, 5.74) is -0.0547. The maximum absolute atomic E-state index is 12.1. The standard InChI is InChI=1S/C12H16N4O3/c1-14(2)12(17)10-6-4-8-15(10)11-9(16(18)19)5-3-7-13-11/h3,5,7,10H,4,6,8H2,1-2H3. The molecule has 1 unspecified atom stereocenters. The van der Waals surface area contributed by atoms with Gasteiger partial charge in [0.1, 0.15) is 6.04 Å². The number of pyridine rings is 1. The van der Waals surface area contributed by atoms with Gasteiger partial charge in [-0.2, -0.15) is 0 Å². The number of hydrogen-bond donors (Lipinski definition) is 0. The highest BCUT2D eigenvalue weighted by Crippen LogP contribution is 2.31. The molecule has 1 saturated heterocycles. The number of hydrogen-bond acceptors (Lipinski definition) is 5. The lowest BCUT2D eigenvalue weighted by atomic mass is 10.2. The second-order valence-electron chi connectivity index (χ2n) is 4.69. The summed E-state index contributed by atoms with van der Waals surface area (Å²) in [5, 5.41) is 11.0. The number of nitrogens with zero attached hydrogens (tertiary/aromatic N) is 4. The lowest BCUT2D eigenvalue weighted by Crippen LogP contribution is -2.43. The largest absolute Gasteiger partial charge is 0.347 e. The van der Waals surface area contributed by atoms with Crippen molar-refractivity contribution in [3.8, 4) is 0 Å². The first kappa shape index (κ1) is 13.3. The topological polar surface area (TPSA) is 79.6 Å². The Hall–Kier alpha value is -2.18. The van der Waals surface area contributed by atoms with Crippen LogP contribution in [0.5, 0.6) is 0 Å². The van der Waals surface area contributed by atoms with Crippen LogP contribution in [0.3, 0.4) is 0 Å². The average molecular weight is 264 g/mol. The number of carbonyl (C=O) groups excluding carboxylic acids is 1. The van der Waals surface area contributed by atoms with Crippen LogP contribution < -0.4 is 4.90 Å². The van der Waals surface area contributed by atoms with Crippen molar-refractivity contribution in [3.05, 3.63) is 28.4 Å². The molecule has 0 bridgehead atoms. The zero-order valence-corrected chi connectivity index (χ0v) is 10.9. The smallest absolute Gasteiger partial charge is 0.311 e. The zero-order valence-electron chi connectivity index (χ0n) is 10.9. The van der Waals surface area contributed by atoms with Crippen LogP contribution in [0.1, 0.15) is 12.8 Å². The molecule has 19 heavy (non-hydrogen) atoms. The number of anilines is 1. The number of amides is 1. The van der Waals surface area contributed by atoms with Gasteiger partial charge >= 0.3 is 5.69 Å². The maximum Gasteiger partial charge on any atom is 0.311 e. The number of likely N-dealkylation sites (N-methyl/N-ethyl adjacent to an activating group) is 1. The van der Waals surface area contributed by atoms with Gasteiger partial charge in [-0.3, -0.25) is 14.9 Å². The van der Waals surface area contributed by atoms with Gasteiger partial charge in [0.25, 0.3) is 0 Å². The van der Waals surface area contributed by atoms with Crippen molar-refractivity contribution < 1.29 is 9.72 Å². The average Bonchev–Trinajstić information content (AvgIpc) is 2.86. The fraction of sp³-hybridized carbons (Fsp3) is 0.500. The van der Waals surface area contributed by atoms with E-state index in [1.807, 2.05) is 0 Å². The van der Waals surface area contributed by atoms with Gasteiger partial charge in [-0.15, -0.1) is 0 Å². The van der Waals surface area contributed by atoms with E-state index in [9.17, 15) is 14.9 Å². The van der Waals surface area contributed by atoms with Crippen LogP contribution in [-0.4, -0.2) is 47.4 Å². The summed E-state index contributed by atoms with van der Waals surface area (Å²) in [6.45, 7) is 0.613. The first-order chi connectivity index (χ1) is 9.02. The predicted octanol–water partition coefficient (Wildman–Crippen LogP) is 1.05. The van der Waals surface area contributed by atoms with Crippen LogP contribution in [0.4, 0.5) is 11.5 Å². The molecule has 102 valence electrons. The van der Waals surface area contributed by atoms with Gasteiger partial charge in [0.15, 0.2) is 0 Å². The van der Waals surface area contributed by atoms with Crippen molar-refractivity contribution in [3.63, 3.8) is 0 Å². The van der Waals surface area contributed by atoms with Crippen molar-refractivity contribution >= 4 is 17.4 Å². The van der Waals surface area contributed by atoms with Crippen molar-refractivity contribution in [1.82, 2.24) is 9.88 Å². The van der Waals surface area contributed by atoms with Gasteiger partial charge in [0.05, 0.1) is 4.92 Å². The molecular formula is C12H16N4O3. The van der Waals surface area contributed by atoms with E-state index in [0.29, 0.717) is 13.0 Å². The minimum absolute atomic E-state index is 0.0440. The molecule has 7 nitrogen and oxygen atoms in total. The summed E-state index contributed by atoms with van der Waals surface area (Å²) < 4.78 is 0. The fourth-order valence-corrected chi connectivity index (χ4v) is 2.33. The minimum Gasteiger partial charge on any atom is -0.347 e. The molecule has 1 aliphatic rings. The Morgan fingerprint density at radius 2 is 2.32 bits per heavy atom. The summed E-state index contributed by atoms with van der Waals surface area (Å²) in [4.78, 5) is 30.0. The maximum atomic E-state index is 12.1. The molecule has 7 heteroatoms. The molecule has 0 radical (unpaired) electrons. The Morgan fingerprint density at radius 3 is 2.95 bits per heavy atom. The van der Waals surface area contributed by atoms with Crippen LogP contribution in [-0.2, 0) is 4.79 Å². The molecule has 0 aromatic carbocycles. The van der Waals surface area contributed by atoms with Gasteiger partial charge in [-0.1, -0.05) is 0 Å². The normalized spacial score (nSPS) is 18.4. The van der Waals surface area contributed by atoms with E-state index in [-0.39, 0.29) is 23.5 Å². The number of aromatic nitrogens is 1. The highest BCUT2D eigenvalue weighted by Gasteiger charge is 2.35. The van der Waals surface area contributed by atoms with Crippen LogP contribution in [0.25, 0.3) is 0 Å². The van der Waals surface area contributed by atoms with E-state index < -0.39 is 4.92 Å². The molecule has 0 aliphatic carbocycles. The molecule has 2 rings (SSSR count). The predicted molar refractivity (Wildman–Crippen MR) is 70.0 cm³/mol. The Morgan fingerprint density at radius 1 is 1.58 bits per heavy atom. The lowest BCUT2D eigenvalue weighted by Gasteiger charge is -2.26. The SMILES string of the molecule is CN(C)C(=O)C1CCCN1c1ncccc1[N+](=O)[O-]. The summed E-state index contributed by atoms with van der Waals surface area (Å²) in [5.74, 6) is 0.239. The van der Waals surface area contributed by atoms with E-state index in [1.165, 1.54) is 23.2 Å². The Kier molecular flexibility index (Phi) is 3.64. The van der Waals surface area contributed by atoms with Gasteiger partial charge < -0.3 is 9.80 Å². The number of nitro groups is 1. The van der Waals surface area contributed by atoms with E-state index in [2.05, 4.69) is 4.98 Å². The molecule has 1 atom stereocenters. The molecule has 1 aliphatic heterocycles. The van der Waals surface area contributed by atoms with Gasteiger partial charge in [-0.05, 0) is 18.9 Å². The molecule has 1 aromatic heterocycles. The number of rotatable bonds is 3. The van der Waals surface area contributed by atoms with Crippen molar-refractivity contribution in [2.24, 2.45) is 0 Å². The van der Waals surface area contributed by atoms with E-state index in [0.717, 1.165) is 6.42 Å². The van der Waals surface area contributed by atoms with Gasteiger partial charge in [-0.25, -0.2) is 4.98 Å². The van der Waals surface area contributed by atoms with E-state index >= 15 is 0 Å². The first-order valence-electron chi connectivity index (χ1n) is 6.09. The molecule has 1 amide bonds. The summed E-state index contributed by atoms with van der Waals surface area (Å²) >= 11 is 0. The second kappa shape index (κ2) is 5.21. The highest BCUT2D eigenvalue weighted by atomic mass is 16.6.